The zero-order chi connectivity index (χ0) is 5.86. The van der Waals surface area contributed by atoms with Crippen LogP contribution in [0.15, 0.2) is 0 Å². The number of carbonyl (C=O) groups is 1. The van der Waals surface area contributed by atoms with Crippen molar-refractivity contribution in [3.8, 4) is 0 Å². The Kier molecular flexibility index (Phi) is 2.19. The monoisotopic (exact) mass is 100 g/mol. The Labute approximate surface area is 42.9 Å². The van der Waals surface area contributed by atoms with Crippen molar-refractivity contribution in [2.75, 3.05) is 0 Å². The van der Waals surface area contributed by atoms with Crippen LogP contribution in [0, 0.1) is 0 Å². The number of hydrogen-bond acceptors (Lipinski definition) is 1. The highest BCUT2D eigenvalue weighted by Crippen LogP contribution is 1.76. The van der Waals surface area contributed by atoms with Gasteiger partial charge in [-0.05, 0) is 13.8 Å². The molecule has 0 aromatic heterocycles. The van der Waals surface area contributed by atoms with E-state index in [-0.39, 0.29) is 6.04 Å². The van der Waals surface area contributed by atoms with Crippen molar-refractivity contribution in [2.45, 2.75) is 19.9 Å². The molecule has 0 aromatic rings. The molecule has 3 nitrogen and oxygen atoms in total. The third kappa shape index (κ3) is 5.27. The van der Waals surface area contributed by atoms with Crippen LogP contribution in [0.5, 0.6) is 0 Å². The molecular formula is C4H8N2O. The van der Waals surface area contributed by atoms with Crippen LogP contribution in [0.25, 0.3) is 0 Å². The summed E-state index contributed by atoms with van der Waals surface area (Å²) in [6.07, 6.45) is 0. The van der Waals surface area contributed by atoms with Gasteiger partial charge in [0.05, 0.1) is 6.04 Å². The van der Waals surface area contributed by atoms with Gasteiger partial charge in [0.1, 0.15) is 0 Å². The summed E-state index contributed by atoms with van der Waals surface area (Å²) in [7, 11) is 0. The lowest BCUT2D eigenvalue weighted by molar-refractivity contribution is 0.244. The highest BCUT2D eigenvalue weighted by molar-refractivity contribution is 5.70. The van der Waals surface area contributed by atoms with Gasteiger partial charge in [-0.25, -0.2) is 15.8 Å². The van der Waals surface area contributed by atoms with Gasteiger partial charge in [0.15, 0.2) is 0 Å². The van der Waals surface area contributed by atoms with Gasteiger partial charge in [-0.15, -0.1) is 0 Å². The first-order valence-electron chi connectivity index (χ1n) is 2.09. The summed E-state index contributed by atoms with van der Waals surface area (Å²) >= 11 is 0. The SMILES string of the molecule is CC(C)[N]C([NH])=O. The molecule has 7 heavy (non-hydrogen) atoms. The first-order chi connectivity index (χ1) is 3.13. The largest absolute Gasteiger partial charge is 0.355 e. The van der Waals surface area contributed by atoms with E-state index < -0.39 is 6.03 Å². The number of nitrogens with one attached hydrogen (secondary N) is 1. The topological polar surface area (TPSA) is 55.0 Å². The van der Waals surface area contributed by atoms with Crippen LogP contribution < -0.4 is 11.1 Å². The van der Waals surface area contributed by atoms with Crippen molar-refractivity contribution in [1.82, 2.24) is 11.1 Å². The lowest BCUT2D eigenvalue weighted by Gasteiger charge is -1.96. The fourth-order valence-corrected chi connectivity index (χ4v) is 0.235. The maximum absolute atomic E-state index is 9.75. The molecule has 0 fully saturated rings. The third-order valence-corrected chi connectivity index (χ3v) is 0.375. The highest BCUT2D eigenvalue weighted by atomic mass is 16.2. The van der Waals surface area contributed by atoms with Gasteiger partial charge in [0, 0.05) is 0 Å². The van der Waals surface area contributed by atoms with Gasteiger partial charge in [0.2, 0.25) is 0 Å². The van der Waals surface area contributed by atoms with Gasteiger partial charge in [0.25, 0.3) is 0 Å². The van der Waals surface area contributed by atoms with E-state index in [1.165, 1.54) is 0 Å². The molecule has 0 spiro atoms. The number of rotatable bonds is 1. The summed E-state index contributed by atoms with van der Waals surface area (Å²) in [5.74, 6) is 0. The van der Waals surface area contributed by atoms with E-state index in [1.807, 2.05) is 0 Å². The zero-order valence-electron chi connectivity index (χ0n) is 4.43. The van der Waals surface area contributed by atoms with Gasteiger partial charge in [-0.3, -0.25) is 0 Å². The number of hydrogen-bond donors (Lipinski definition) is 0. The molecule has 0 atom stereocenters. The molecule has 0 saturated heterocycles. The molecule has 0 aliphatic carbocycles. The van der Waals surface area contributed by atoms with E-state index in [9.17, 15) is 4.79 Å². The van der Waals surface area contributed by atoms with Gasteiger partial charge in [-0.2, -0.15) is 0 Å². The summed E-state index contributed by atoms with van der Waals surface area (Å²) in [6.45, 7) is 3.51. The third-order valence-electron chi connectivity index (χ3n) is 0.375. The van der Waals surface area contributed by atoms with E-state index in [4.69, 9.17) is 5.73 Å². The number of carbonyl (C=O) groups excluding carboxylic acids is 1. The quantitative estimate of drug-likeness (QED) is 0.470. The van der Waals surface area contributed by atoms with Crippen molar-refractivity contribution < 1.29 is 4.79 Å². The van der Waals surface area contributed by atoms with E-state index in [1.54, 1.807) is 13.8 Å². The Morgan fingerprint density at radius 3 is 2.14 bits per heavy atom. The van der Waals surface area contributed by atoms with E-state index in [2.05, 4.69) is 5.32 Å². The molecule has 0 rings (SSSR count). The summed E-state index contributed by atoms with van der Waals surface area (Å²) in [5.41, 5.74) is 6.30. The van der Waals surface area contributed by atoms with E-state index >= 15 is 0 Å². The van der Waals surface area contributed by atoms with Crippen LogP contribution in [0.4, 0.5) is 4.79 Å². The predicted octanol–water partition coefficient (Wildman–Crippen LogP) is 0.402. The van der Waals surface area contributed by atoms with E-state index in [0.29, 0.717) is 0 Å². The van der Waals surface area contributed by atoms with Crippen molar-refractivity contribution >= 4 is 6.03 Å². The molecule has 0 aliphatic heterocycles. The maximum atomic E-state index is 9.75. The predicted molar refractivity (Wildman–Crippen MR) is 25.8 cm³/mol. The van der Waals surface area contributed by atoms with Crippen LogP contribution in [-0.2, 0) is 0 Å². The second-order valence-corrected chi connectivity index (χ2v) is 1.53. The molecule has 0 aliphatic rings. The molecule has 2 radical (unpaired) electrons. The van der Waals surface area contributed by atoms with Crippen molar-refractivity contribution in [1.29, 1.82) is 0 Å². The molecule has 40 valence electrons. The first-order valence-corrected chi connectivity index (χ1v) is 2.09. The molecular weight excluding hydrogens is 92.1 g/mol. The number of nitrogens with zero attached hydrogens (tertiary/aromatic N) is 1. The molecule has 3 heteroatoms. The molecule has 2 amide bonds. The lowest BCUT2D eigenvalue weighted by Crippen LogP contribution is -2.21. The summed E-state index contributed by atoms with van der Waals surface area (Å²) < 4.78 is 0. The summed E-state index contributed by atoms with van der Waals surface area (Å²) in [5, 5.41) is 3.31. The van der Waals surface area contributed by atoms with Crippen molar-refractivity contribution in [2.24, 2.45) is 0 Å². The standard InChI is InChI=1S/C4H8N2O/c1-3(2)6-4(5)7/h3,5H,1-2H3. The Morgan fingerprint density at radius 1 is 1.71 bits per heavy atom. The van der Waals surface area contributed by atoms with Gasteiger partial charge >= 0.3 is 6.03 Å². The normalized spacial score (nSPS) is 9.00. The molecule has 0 aromatic carbocycles. The van der Waals surface area contributed by atoms with Crippen LogP contribution >= 0.6 is 0 Å². The Morgan fingerprint density at radius 2 is 2.14 bits per heavy atom. The number of amides is 2. The maximum Gasteiger partial charge on any atom is 0.355 e. The minimum Gasteiger partial charge on any atom is -0.246 e. The molecule has 0 unspecified atom stereocenters. The van der Waals surface area contributed by atoms with Crippen molar-refractivity contribution in [3.05, 3.63) is 0 Å². The Hall–Kier alpha value is -0.730. The highest BCUT2D eigenvalue weighted by Gasteiger charge is 1.96. The fourth-order valence-electron chi connectivity index (χ4n) is 0.235. The Bertz CT molecular complexity index is 70.1. The molecule has 0 heterocycles. The second kappa shape index (κ2) is 2.44. The lowest BCUT2D eigenvalue weighted by atomic mass is 10.4. The van der Waals surface area contributed by atoms with Gasteiger partial charge < -0.3 is 0 Å². The average Bonchev–Trinajstić information content (AvgIpc) is 1.27. The summed E-state index contributed by atoms with van der Waals surface area (Å²) in [6, 6.07) is -0.875. The van der Waals surface area contributed by atoms with Crippen LogP contribution in [-0.4, -0.2) is 12.1 Å². The van der Waals surface area contributed by atoms with Crippen molar-refractivity contribution in [3.63, 3.8) is 0 Å². The number of urea groups is 1. The van der Waals surface area contributed by atoms with Crippen LogP contribution in [0.1, 0.15) is 13.8 Å². The average molecular weight is 100 g/mol. The smallest absolute Gasteiger partial charge is 0.246 e. The molecule has 0 saturated carbocycles. The minimum absolute atomic E-state index is 0.0370. The molecule has 0 bridgehead atoms. The zero-order valence-corrected chi connectivity index (χ0v) is 4.43. The fraction of sp³-hybridized carbons (Fsp3) is 0.750. The van der Waals surface area contributed by atoms with Gasteiger partial charge in [-0.1, -0.05) is 0 Å². The van der Waals surface area contributed by atoms with Crippen LogP contribution in [0.2, 0.25) is 0 Å². The molecule has 1 N–H and O–H groups in total. The Balaban J connectivity index is 3.13. The second-order valence-electron chi connectivity index (χ2n) is 1.53. The minimum atomic E-state index is -0.838. The summed E-state index contributed by atoms with van der Waals surface area (Å²) in [4.78, 5) is 9.75. The van der Waals surface area contributed by atoms with E-state index in [0.717, 1.165) is 0 Å². The first kappa shape index (κ1) is 6.27. The van der Waals surface area contributed by atoms with Crippen LogP contribution in [0.3, 0.4) is 0 Å².